The van der Waals surface area contributed by atoms with Crippen molar-refractivity contribution in [3.05, 3.63) is 30.0 Å². The Balaban J connectivity index is 1.53. The summed E-state index contributed by atoms with van der Waals surface area (Å²) >= 11 is 0. The lowest BCUT2D eigenvalue weighted by Gasteiger charge is -2.35. The quantitative estimate of drug-likeness (QED) is 0.492. The molecule has 6 atom stereocenters. The summed E-state index contributed by atoms with van der Waals surface area (Å²) in [6.45, 7) is 9.52. The summed E-state index contributed by atoms with van der Waals surface area (Å²) in [6.07, 6.45) is 7.18. The zero-order valence-electron chi connectivity index (χ0n) is 25.7. The summed E-state index contributed by atoms with van der Waals surface area (Å²) in [5, 5.41) is 2.91. The molecule has 1 saturated carbocycles. The number of Topliss-reactive ketones (excluding diaryl/α,β-unsaturated/α-hetero) is 1. The summed E-state index contributed by atoms with van der Waals surface area (Å²) in [4.78, 5) is 52.0. The Morgan fingerprint density at radius 3 is 2.38 bits per heavy atom. The van der Waals surface area contributed by atoms with Crippen LogP contribution in [0.1, 0.15) is 91.7 Å². The Morgan fingerprint density at radius 2 is 1.69 bits per heavy atom. The zero-order chi connectivity index (χ0) is 30.0. The molecule has 1 saturated heterocycles. The maximum absolute atomic E-state index is 14.2. The third-order valence-electron chi connectivity index (χ3n) is 9.35. The number of rotatable bonds is 2. The van der Waals surface area contributed by atoms with E-state index in [1.165, 1.54) is 6.92 Å². The lowest BCUT2D eigenvalue weighted by Crippen LogP contribution is -2.57. The zero-order valence-corrected chi connectivity index (χ0v) is 25.7. The fraction of sp³-hybridized carbons (Fsp3) is 0.667. The highest BCUT2D eigenvalue weighted by Gasteiger charge is 2.50. The minimum absolute atomic E-state index is 0.0963. The van der Waals surface area contributed by atoms with Gasteiger partial charge in [-0.2, -0.15) is 0 Å². The minimum Gasteiger partial charge on any atom is -0.471 e. The molecule has 3 heterocycles. The second-order valence-corrected chi connectivity index (χ2v) is 13.4. The van der Waals surface area contributed by atoms with E-state index >= 15 is 0 Å². The highest BCUT2D eigenvalue weighted by atomic mass is 16.6. The summed E-state index contributed by atoms with van der Waals surface area (Å²) < 4.78 is 12.6. The number of ketones is 1. The van der Waals surface area contributed by atoms with Crippen molar-refractivity contribution in [2.24, 2.45) is 17.3 Å². The van der Waals surface area contributed by atoms with Crippen LogP contribution in [0.25, 0.3) is 11.0 Å². The van der Waals surface area contributed by atoms with Crippen LogP contribution in [0.3, 0.4) is 0 Å². The van der Waals surface area contributed by atoms with Gasteiger partial charge in [0.2, 0.25) is 11.8 Å². The van der Waals surface area contributed by atoms with Crippen molar-refractivity contribution in [2.45, 2.75) is 117 Å². The molecule has 9 heteroatoms. The van der Waals surface area contributed by atoms with Gasteiger partial charge in [0.15, 0.2) is 5.78 Å². The van der Waals surface area contributed by atoms with Crippen molar-refractivity contribution >= 4 is 28.8 Å². The monoisotopic (exact) mass is 578 g/mol. The van der Waals surface area contributed by atoms with Crippen molar-refractivity contribution in [1.29, 1.82) is 0 Å². The molecule has 1 aliphatic carbocycles. The number of nitrogens with zero attached hydrogens (tertiary/aromatic N) is 3. The number of aryl methyl sites for hydroxylation is 1. The topological polar surface area (TPSA) is 111 Å². The van der Waals surface area contributed by atoms with Crippen LogP contribution in [0, 0.1) is 17.3 Å². The number of fused-ring (bicyclic) bond motifs is 5. The maximum Gasteiger partial charge on any atom is 0.408 e. The number of nitrogens with one attached hydrogen (secondary N) is 1. The van der Waals surface area contributed by atoms with Crippen LogP contribution < -0.4 is 10.1 Å². The lowest BCUT2D eigenvalue weighted by molar-refractivity contribution is -0.141. The van der Waals surface area contributed by atoms with E-state index in [9.17, 15) is 14.4 Å². The van der Waals surface area contributed by atoms with Gasteiger partial charge in [-0.15, -0.1) is 0 Å². The van der Waals surface area contributed by atoms with E-state index in [0.29, 0.717) is 18.2 Å². The number of hydrogen-bond donors (Lipinski definition) is 1. The van der Waals surface area contributed by atoms with Crippen molar-refractivity contribution in [3.63, 3.8) is 0 Å². The number of ether oxygens (including phenoxy) is 2. The Morgan fingerprint density at radius 1 is 0.976 bits per heavy atom. The van der Waals surface area contributed by atoms with Crippen molar-refractivity contribution < 1.29 is 23.9 Å². The number of alkyl carbamates (subject to hydrolysis) is 1. The van der Waals surface area contributed by atoms with Gasteiger partial charge in [-0.25, -0.2) is 14.8 Å². The first-order chi connectivity index (χ1) is 20.1. The number of para-hydroxylation sites is 2. The van der Waals surface area contributed by atoms with E-state index < -0.39 is 29.7 Å². The first kappa shape index (κ1) is 30.2. The van der Waals surface area contributed by atoms with Gasteiger partial charge in [-0.3, -0.25) is 9.59 Å². The molecule has 0 unspecified atom stereocenters. The molecule has 2 bridgehead atoms. The molecular formula is C33H46N4O5. The van der Waals surface area contributed by atoms with E-state index in [-0.39, 0.29) is 30.3 Å². The van der Waals surface area contributed by atoms with Crippen LogP contribution in [0.4, 0.5) is 4.79 Å². The predicted octanol–water partition coefficient (Wildman–Crippen LogP) is 5.63. The molecule has 1 N–H and O–H groups in total. The van der Waals surface area contributed by atoms with Crippen molar-refractivity contribution in [2.75, 3.05) is 6.54 Å². The molecule has 228 valence electrons. The molecule has 2 aliphatic heterocycles. The maximum atomic E-state index is 14.2. The average molecular weight is 579 g/mol. The Hall–Kier alpha value is -3.23. The van der Waals surface area contributed by atoms with Crippen LogP contribution in [-0.4, -0.2) is 63.5 Å². The summed E-state index contributed by atoms with van der Waals surface area (Å²) in [5.74, 6) is 0.199. The number of amides is 2. The van der Waals surface area contributed by atoms with Gasteiger partial charge in [0, 0.05) is 5.92 Å². The number of hydrogen-bond acceptors (Lipinski definition) is 7. The molecule has 1 aromatic heterocycles. The van der Waals surface area contributed by atoms with E-state index in [1.54, 1.807) is 4.90 Å². The van der Waals surface area contributed by atoms with Crippen molar-refractivity contribution in [3.8, 4) is 5.88 Å². The van der Waals surface area contributed by atoms with Gasteiger partial charge in [0.25, 0.3) is 0 Å². The third-order valence-corrected chi connectivity index (χ3v) is 9.35. The number of carbonyl (C=O) groups excluding carboxylic acids is 3. The van der Waals surface area contributed by atoms with E-state index in [2.05, 4.69) is 5.32 Å². The molecule has 2 aromatic rings. The molecule has 0 spiro atoms. The normalized spacial score (nSPS) is 29.5. The van der Waals surface area contributed by atoms with Gasteiger partial charge < -0.3 is 19.7 Å². The van der Waals surface area contributed by atoms with Crippen LogP contribution >= 0.6 is 0 Å². The fourth-order valence-corrected chi connectivity index (χ4v) is 7.12. The number of aromatic nitrogens is 2. The largest absolute Gasteiger partial charge is 0.471 e. The predicted molar refractivity (Wildman–Crippen MR) is 160 cm³/mol. The van der Waals surface area contributed by atoms with E-state index in [0.717, 1.165) is 68.1 Å². The molecule has 3 aliphatic rings. The third kappa shape index (κ3) is 6.40. The number of benzene rings is 1. The Kier molecular flexibility index (Phi) is 9.04. The minimum atomic E-state index is -0.863. The summed E-state index contributed by atoms with van der Waals surface area (Å²) in [5.41, 5.74) is 1.79. The highest BCUT2D eigenvalue weighted by molar-refractivity contribution is 5.92. The number of carbonyl (C=O) groups is 3. The summed E-state index contributed by atoms with van der Waals surface area (Å²) in [6, 6.07) is 6.26. The molecule has 2 fully saturated rings. The molecule has 0 radical (unpaired) electrons. The lowest BCUT2D eigenvalue weighted by atomic mass is 9.85. The highest BCUT2D eigenvalue weighted by Crippen LogP contribution is 2.36. The molecule has 9 nitrogen and oxygen atoms in total. The van der Waals surface area contributed by atoms with Gasteiger partial charge >= 0.3 is 6.09 Å². The Bertz CT molecular complexity index is 1310. The first-order valence-corrected chi connectivity index (χ1v) is 15.8. The molecule has 2 amide bonds. The van der Waals surface area contributed by atoms with Gasteiger partial charge in [0.05, 0.1) is 23.6 Å². The van der Waals surface area contributed by atoms with E-state index in [1.807, 2.05) is 52.0 Å². The fourth-order valence-electron chi connectivity index (χ4n) is 7.12. The van der Waals surface area contributed by atoms with Crippen LogP contribution in [-0.2, 0) is 20.7 Å². The SMILES string of the molecule is CC[C@@H]1[C@@H]2CN(C(=O)[C@H](C(C)(C)C)NC(=O)O[C@@H]3CCC[C@H]3CCCCCc3nc4ccccc4nc3O2)[C@@H]1C(C)=O. The summed E-state index contributed by atoms with van der Waals surface area (Å²) in [7, 11) is 0. The Labute approximate surface area is 249 Å². The second kappa shape index (κ2) is 12.6. The van der Waals surface area contributed by atoms with E-state index in [4.69, 9.17) is 19.4 Å². The van der Waals surface area contributed by atoms with Gasteiger partial charge in [-0.1, -0.05) is 52.7 Å². The molecule has 42 heavy (non-hydrogen) atoms. The van der Waals surface area contributed by atoms with Gasteiger partial charge in [0.1, 0.15) is 23.9 Å². The first-order valence-electron chi connectivity index (χ1n) is 15.8. The average Bonchev–Trinajstić information content (AvgIpc) is 3.54. The van der Waals surface area contributed by atoms with Crippen molar-refractivity contribution in [1.82, 2.24) is 20.2 Å². The smallest absolute Gasteiger partial charge is 0.408 e. The van der Waals surface area contributed by atoms with Crippen LogP contribution in [0.5, 0.6) is 5.88 Å². The van der Waals surface area contributed by atoms with Crippen LogP contribution in [0.15, 0.2) is 24.3 Å². The van der Waals surface area contributed by atoms with Gasteiger partial charge in [-0.05, 0) is 75.3 Å². The van der Waals surface area contributed by atoms with Crippen LogP contribution in [0.2, 0.25) is 0 Å². The molecule has 1 aromatic carbocycles. The molecule has 5 rings (SSSR count). The molecular weight excluding hydrogens is 532 g/mol. The standard InChI is InChI=1S/C33H46N4O5/c1-6-22-27-19-37(28(22)20(2)38)31(39)29(33(3,4)5)36-32(40)42-26-18-12-14-21(26)13-8-7-9-17-25-30(41-27)35-24-16-11-10-15-23(24)34-25/h10-11,15-16,21-22,26-29H,6-9,12-14,17-19H2,1-5H3,(H,36,40)/t21-,22-,26-,27+,28-,29-/m1/s1. The second-order valence-electron chi connectivity index (χ2n) is 13.4.